The summed E-state index contributed by atoms with van der Waals surface area (Å²) in [6.45, 7) is 0. The van der Waals surface area contributed by atoms with Gasteiger partial charge in [0.25, 0.3) is 0 Å². The molecular formula is C27H24N2O7S. The maximum Gasteiger partial charge on any atom is 0.336 e. The molecule has 0 amide bonds. The number of hydrogen-bond acceptors (Lipinski definition) is 9. The number of carbonyl (C=O) groups is 2. The molecule has 0 saturated carbocycles. The van der Waals surface area contributed by atoms with Gasteiger partial charge in [-0.05, 0) is 59.7 Å². The van der Waals surface area contributed by atoms with Gasteiger partial charge in [0.15, 0.2) is 17.3 Å². The van der Waals surface area contributed by atoms with Crippen LogP contribution in [0.15, 0.2) is 60.2 Å². The normalized spacial score (nSPS) is 11.6. The molecule has 10 heteroatoms. The summed E-state index contributed by atoms with van der Waals surface area (Å²) < 4.78 is 29.9. The number of methoxy groups -OCH3 is 4. The van der Waals surface area contributed by atoms with Gasteiger partial charge in [-0.2, -0.15) is 8.75 Å². The van der Waals surface area contributed by atoms with Crippen molar-refractivity contribution in [3.05, 3.63) is 76.9 Å². The van der Waals surface area contributed by atoms with Crippen molar-refractivity contribution in [2.45, 2.75) is 6.42 Å². The van der Waals surface area contributed by atoms with Gasteiger partial charge in [-0.3, -0.25) is 4.79 Å². The fourth-order valence-electron chi connectivity index (χ4n) is 4.00. The van der Waals surface area contributed by atoms with Gasteiger partial charge in [-0.15, -0.1) is 0 Å². The number of carboxylic acid groups (broad SMARTS) is 1. The van der Waals surface area contributed by atoms with Gasteiger partial charge >= 0.3 is 5.97 Å². The quantitative estimate of drug-likeness (QED) is 0.235. The number of Topliss-reactive ketones (excluding diaryl/α,β-unsaturated/α-hetero) is 1. The summed E-state index contributed by atoms with van der Waals surface area (Å²) in [4.78, 5) is 26.5. The zero-order valence-electron chi connectivity index (χ0n) is 20.6. The maximum absolute atomic E-state index is 13.8. The molecule has 1 heterocycles. The standard InChI is InChI=1S/C27H24N2O7S/c1-33-18-8-5-16(6-9-18)25(30)19(11-15-12-22(34-2)26(36-4)23(13-15)35-3)24(27(31)32)17-7-10-20-21(14-17)29-37-28-20/h5-10,12-14H,11H2,1-4H3,(H,31,32). The van der Waals surface area contributed by atoms with E-state index < -0.39 is 11.8 Å². The molecule has 4 rings (SSSR count). The Morgan fingerprint density at radius 2 is 1.41 bits per heavy atom. The smallest absolute Gasteiger partial charge is 0.336 e. The van der Waals surface area contributed by atoms with E-state index >= 15 is 0 Å². The monoisotopic (exact) mass is 520 g/mol. The minimum atomic E-state index is -1.24. The molecule has 0 bridgehead atoms. The second kappa shape index (κ2) is 11.1. The highest BCUT2D eigenvalue weighted by atomic mass is 32.1. The lowest BCUT2D eigenvalue weighted by Gasteiger charge is -2.17. The molecule has 190 valence electrons. The van der Waals surface area contributed by atoms with Gasteiger partial charge in [0.05, 0.1) is 45.7 Å². The third-order valence-corrected chi connectivity index (χ3v) is 6.35. The average molecular weight is 521 g/mol. The largest absolute Gasteiger partial charge is 0.497 e. The molecule has 0 radical (unpaired) electrons. The van der Waals surface area contributed by atoms with Crippen molar-refractivity contribution in [1.82, 2.24) is 8.75 Å². The van der Waals surface area contributed by atoms with Gasteiger partial charge in [0, 0.05) is 17.6 Å². The Hall–Kier alpha value is -4.44. The Morgan fingerprint density at radius 3 is 1.97 bits per heavy atom. The number of fused-ring (bicyclic) bond motifs is 1. The number of allylic oxidation sites excluding steroid dienone is 1. The molecule has 0 saturated heterocycles. The molecule has 0 fully saturated rings. The van der Waals surface area contributed by atoms with Crippen molar-refractivity contribution >= 4 is 40.1 Å². The number of benzene rings is 3. The highest BCUT2D eigenvalue weighted by Crippen LogP contribution is 2.39. The predicted octanol–water partition coefficient (Wildman–Crippen LogP) is 4.69. The fraction of sp³-hybridized carbons (Fsp3) is 0.185. The Labute approximate surface area is 217 Å². The van der Waals surface area contributed by atoms with Crippen LogP contribution in [-0.4, -0.2) is 54.0 Å². The van der Waals surface area contributed by atoms with E-state index in [0.29, 0.717) is 50.7 Å². The number of ether oxygens (including phenoxy) is 4. The van der Waals surface area contributed by atoms with Crippen LogP contribution < -0.4 is 18.9 Å². The number of aliphatic carboxylic acids is 1. The van der Waals surface area contributed by atoms with Gasteiger partial charge in [-0.1, -0.05) is 6.07 Å². The van der Waals surface area contributed by atoms with Crippen molar-refractivity contribution in [1.29, 1.82) is 0 Å². The average Bonchev–Trinajstić information content (AvgIpc) is 3.39. The van der Waals surface area contributed by atoms with Crippen LogP contribution in [0.2, 0.25) is 0 Å². The van der Waals surface area contributed by atoms with E-state index in [1.54, 1.807) is 54.6 Å². The zero-order valence-corrected chi connectivity index (χ0v) is 21.4. The maximum atomic E-state index is 13.8. The predicted molar refractivity (Wildman–Crippen MR) is 139 cm³/mol. The number of hydrogen-bond donors (Lipinski definition) is 1. The lowest BCUT2D eigenvalue weighted by Crippen LogP contribution is -2.14. The minimum absolute atomic E-state index is 0.0173. The SMILES string of the molecule is COc1ccc(C(=O)C(Cc2cc(OC)c(OC)c(OC)c2)=C(C(=O)O)c2ccc3nsnc3c2)cc1. The molecule has 1 aromatic heterocycles. The van der Waals surface area contributed by atoms with Crippen LogP contribution in [-0.2, 0) is 11.2 Å². The number of ketones is 1. The first-order valence-corrected chi connectivity index (χ1v) is 11.8. The van der Waals surface area contributed by atoms with Crippen molar-refractivity contribution in [3.63, 3.8) is 0 Å². The summed E-state index contributed by atoms with van der Waals surface area (Å²) >= 11 is 1.03. The number of aromatic nitrogens is 2. The number of carbonyl (C=O) groups excluding carboxylic acids is 1. The van der Waals surface area contributed by atoms with E-state index in [4.69, 9.17) is 18.9 Å². The number of carboxylic acids is 1. The lowest BCUT2D eigenvalue weighted by molar-refractivity contribution is -0.130. The van der Waals surface area contributed by atoms with Crippen LogP contribution >= 0.6 is 11.7 Å². The van der Waals surface area contributed by atoms with E-state index in [2.05, 4.69) is 8.75 Å². The minimum Gasteiger partial charge on any atom is -0.497 e. The Morgan fingerprint density at radius 1 is 0.784 bits per heavy atom. The summed E-state index contributed by atoms with van der Waals surface area (Å²) in [5.74, 6) is 0.0596. The van der Waals surface area contributed by atoms with Crippen molar-refractivity contribution < 1.29 is 33.6 Å². The van der Waals surface area contributed by atoms with Gasteiger partial charge in [0.1, 0.15) is 16.8 Å². The summed E-state index contributed by atoms with van der Waals surface area (Å²) in [7, 11) is 5.99. The first-order valence-electron chi connectivity index (χ1n) is 11.1. The van der Waals surface area contributed by atoms with Crippen molar-refractivity contribution in [2.24, 2.45) is 0 Å². The van der Waals surface area contributed by atoms with Gasteiger partial charge in [0.2, 0.25) is 5.75 Å². The topological polar surface area (TPSA) is 117 Å². The fourth-order valence-corrected chi connectivity index (χ4v) is 4.52. The van der Waals surface area contributed by atoms with Gasteiger partial charge < -0.3 is 24.1 Å². The third-order valence-electron chi connectivity index (χ3n) is 5.79. The summed E-state index contributed by atoms with van der Waals surface area (Å²) in [5.41, 5.74) is 2.40. The second-order valence-electron chi connectivity index (χ2n) is 7.89. The molecule has 1 N–H and O–H groups in total. The number of nitrogens with zero attached hydrogens (tertiary/aromatic N) is 2. The van der Waals surface area contributed by atoms with Crippen LogP contribution in [0.3, 0.4) is 0 Å². The zero-order chi connectivity index (χ0) is 26.5. The highest BCUT2D eigenvalue weighted by molar-refractivity contribution is 7.00. The molecule has 0 spiro atoms. The molecule has 0 unspecified atom stereocenters. The molecule has 9 nitrogen and oxygen atoms in total. The van der Waals surface area contributed by atoms with Gasteiger partial charge in [-0.25, -0.2) is 4.79 Å². The summed E-state index contributed by atoms with van der Waals surface area (Å²) in [6, 6.07) is 14.8. The Balaban J connectivity index is 1.93. The number of rotatable bonds is 10. The van der Waals surface area contributed by atoms with Crippen LogP contribution in [0.1, 0.15) is 21.5 Å². The molecule has 3 aromatic carbocycles. The van der Waals surface area contributed by atoms with Crippen LogP contribution in [0, 0.1) is 0 Å². The second-order valence-corrected chi connectivity index (χ2v) is 8.42. The van der Waals surface area contributed by atoms with E-state index in [1.807, 2.05) is 0 Å². The first kappa shape index (κ1) is 25.6. The van der Waals surface area contributed by atoms with Crippen LogP contribution in [0.4, 0.5) is 0 Å². The van der Waals surface area contributed by atoms with Crippen LogP contribution in [0.5, 0.6) is 23.0 Å². The summed E-state index contributed by atoms with van der Waals surface area (Å²) in [5, 5.41) is 10.3. The highest BCUT2D eigenvalue weighted by Gasteiger charge is 2.25. The first-order chi connectivity index (χ1) is 17.9. The molecule has 0 aliphatic carbocycles. The summed E-state index contributed by atoms with van der Waals surface area (Å²) in [6.07, 6.45) is -0.0173. The molecule has 0 aliphatic heterocycles. The van der Waals surface area contributed by atoms with Crippen molar-refractivity contribution in [3.8, 4) is 23.0 Å². The van der Waals surface area contributed by atoms with E-state index in [0.717, 1.165) is 11.7 Å². The molecule has 37 heavy (non-hydrogen) atoms. The molecule has 0 aliphatic rings. The Bertz CT molecular complexity index is 1470. The molecular weight excluding hydrogens is 496 g/mol. The van der Waals surface area contributed by atoms with E-state index in [1.165, 1.54) is 28.4 Å². The van der Waals surface area contributed by atoms with E-state index in [-0.39, 0.29) is 17.6 Å². The molecule has 4 aromatic rings. The van der Waals surface area contributed by atoms with E-state index in [9.17, 15) is 14.7 Å². The van der Waals surface area contributed by atoms with Crippen LogP contribution in [0.25, 0.3) is 16.6 Å². The van der Waals surface area contributed by atoms with Crippen molar-refractivity contribution in [2.75, 3.05) is 28.4 Å². The Kier molecular flexibility index (Phi) is 7.69. The third kappa shape index (κ3) is 5.24. The molecule has 0 atom stereocenters. The lowest BCUT2D eigenvalue weighted by atomic mass is 9.89.